The molecular formula is C21H33ClN4O2. The van der Waals surface area contributed by atoms with Crippen molar-refractivity contribution in [2.75, 3.05) is 65.6 Å². The largest absolute Gasteiger partial charge is 0.379 e. The van der Waals surface area contributed by atoms with Crippen molar-refractivity contribution in [3.05, 3.63) is 34.9 Å². The van der Waals surface area contributed by atoms with Gasteiger partial charge in [0.25, 0.3) is 0 Å². The number of nitrogens with zero attached hydrogens (tertiary/aromatic N) is 3. The van der Waals surface area contributed by atoms with Crippen LogP contribution in [0.4, 0.5) is 4.79 Å². The number of urea groups is 1. The van der Waals surface area contributed by atoms with Crippen molar-refractivity contribution in [3.63, 3.8) is 0 Å². The molecule has 156 valence electrons. The van der Waals surface area contributed by atoms with Gasteiger partial charge in [0.05, 0.1) is 13.2 Å². The molecule has 0 unspecified atom stereocenters. The number of ether oxygens (including phenoxy) is 1. The SMILES string of the molecule is O=C(NCCCCN1CCOCC1)N1CCCN(Cc2ccc(Cl)cc2)CC1. The summed E-state index contributed by atoms with van der Waals surface area (Å²) in [7, 11) is 0. The van der Waals surface area contributed by atoms with Crippen molar-refractivity contribution in [2.24, 2.45) is 0 Å². The zero-order chi connectivity index (χ0) is 19.6. The molecule has 0 aliphatic carbocycles. The van der Waals surface area contributed by atoms with E-state index in [1.54, 1.807) is 0 Å². The molecule has 0 atom stereocenters. The molecule has 0 saturated carbocycles. The van der Waals surface area contributed by atoms with Crippen LogP contribution in [0.5, 0.6) is 0 Å². The number of amides is 2. The smallest absolute Gasteiger partial charge is 0.317 e. The molecule has 2 amide bonds. The predicted octanol–water partition coefficient (Wildman–Crippen LogP) is 2.67. The first-order chi connectivity index (χ1) is 13.7. The Kier molecular flexibility index (Phi) is 8.86. The first-order valence-corrected chi connectivity index (χ1v) is 10.9. The Morgan fingerprint density at radius 1 is 0.964 bits per heavy atom. The van der Waals surface area contributed by atoms with Gasteiger partial charge in [0.1, 0.15) is 0 Å². The summed E-state index contributed by atoms with van der Waals surface area (Å²) in [5.74, 6) is 0. The molecule has 2 fully saturated rings. The summed E-state index contributed by atoms with van der Waals surface area (Å²) in [5, 5.41) is 3.87. The summed E-state index contributed by atoms with van der Waals surface area (Å²) in [5.41, 5.74) is 1.27. The molecule has 2 saturated heterocycles. The number of halogens is 1. The van der Waals surface area contributed by atoms with E-state index in [2.05, 4.69) is 27.2 Å². The van der Waals surface area contributed by atoms with E-state index in [1.165, 1.54) is 5.56 Å². The zero-order valence-electron chi connectivity index (χ0n) is 16.7. The number of carbonyl (C=O) groups is 1. The summed E-state index contributed by atoms with van der Waals surface area (Å²) in [6.07, 6.45) is 3.16. The van der Waals surface area contributed by atoms with Crippen molar-refractivity contribution in [1.29, 1.82) is 0 Å². The van der Waals surface area contributed by atoms with Gasteiger partial charge in [-0.1, -0.05) is 23.7 Å². The minimum Gasteiger partial charge on any atom is -0.379 e. The number of rotatable bonds is 7. The third-order valence-corrected chi connectivity index (χ3v) is 5.73. The van der Waals surface area contributed by atoms with Crippen molar-refractivity contribution < 1.29 is 9.53 Å². The molecule has 1 N–H and O–H groups in total. The molecule has 1 aromatic rings. The van der Waals surface area contributed by atoms with Gasteiger partial charge in [-0.05, 0) is 43.5 Å². The van der Waals surface area contributed by atoms with E-state index in [0.29, 0.717) is 0 Å². The molecule has 1 aromatic carbocycles. The Bertz CT molecular complexity index is 593. The van der Waals surface area contributed by atoms with Crippen LogP contribution in [0, 0.1) is 0 Å². The van der Waals surface area contributed by atoms with Gasteiger partial charge >= 0.3 is 6.03 Å². The molecule has 0 bridgehead atoms. The quantitative estimate of drug-likeness (QED) is 0.704. The summed E-state index contributed by atoms with van der Waals surface area (Å²) in [6.45, 7) is 10.1. The maximum Gasteiger partial charge on any atom is 0.317 e. The lowest BCUT2D eigenvalue weighted by molar-refractivity contribution is 0.0372. The summed E-state index contributed by atoms with van der Waals surface area (Å²) >= 11 is 5.96. The van der Waals surface area contributed by atoms with E-state index >= 15 is 0 Å². The summed E-state index contributed by atoms with van der Waals surface area (Å²) in [4.78, 5) is 19.3. The Morgan fingerprint density at radius 2 is 1.75 bits per heavy atom. The molecule has 28 heavy (non-hydrogen) atoms. The van der Waals surface area contributed by atoms with Crippen molar-refractivity contribution >= 4 is 17.6 Å². The van der Waals surface area contributed by atoms with E-state index in [-0.39, 0.29) is 6.03 Å². The molecule has 2 heterocycles. The molecule has 0 radical (unpaired) electrons. The number of unbranched alkanes of at least 4 members (excludes halogenated alkanes) is 1. The highest BCUT2D eigenvalue weighted by atomic mass is 35.5. The van der Waals surface area contributed by atoms with Crippen LogP contribution in [-0.2, 0) is 11.3 Å². The number of hydrogen-bond acceptors (Lipinski definition) is 4. The van der Waals surface area contributed by atoms with E-state index in [4.69, 9.17) is 16.3 Å². The Morgan fingerprint density at radius 3 is 2.54 bits per heavy atom. The van der Waals surface area contributed by atoms with Crippen LogP contribution < -0.4 is 5.32 Å². The lowest BCUT2D eigenvalue weighted by atomic mass is 10.2. The Balaban J connectivity index is 1.30. The van der Waals surface area contributed by atoms with Crippen LogP contribution >= 0.6 is 11.6 Å². The molecule has 3 rings (SSSR count). The van der Waals surface area contributed by atoms with Crippen LogP contribution in [0.1, 0.15) is 24.8 Å². The molecule has 2 aliphatic rings. The highest BCUT2D eigenvalue weighted by Crippen LogP contribution is 2.13. The van der Waals surface area contributed by atoms with Gasteiger partial charge in [0.15, 0.2) is 0 Å². The van der Waals surface area contributed by atoms with Crippen molar-refractivity contribution in [3.8, 4) is 0 Å². The lowest BCUT2D eigenvalue weighted by Gasteiger charge is -2.26. The average Bonchev–Trinajstić information content (AvgIpc) is 2.96. The first kappa shape index (κ1) is 21.4. The highest BCUT2D eigenvalue weighted by molar-refractivity contribution is 6.30. The van der Waals surface area contributed by atoms with Crippen LogP contribution in [0.2, 0.25) is 5.02 Å². The van der Waals surface area contributed by atoms with Crippen molar-refractivity contribution in [2.45, 2.75) is 25.8 Å². The summed E-state index contributed by atoms with van der Waals surface area (Å²) in [6, 6.07) is 8.12. The lowest BCUT2D eigenvalue weighted by Crippen LogP contribution is -2.42. The van der Waals surface area contributed by atoms with Gasteiger partial charge in [0.2, 0.25) is 0 Å². The minimum absolute atomic E-state index is 0.0831. The third-order valence-electron chi connectivity index (χ3n) is 5.48. The zero-order valence-corrected chi connectivity index (χ0v) is 17.5. The van der Waals surface area contributed by atoms with E-state index < -0.39 is 0 Å². The molecular weight excluding hydrogens is 376 g/mol. The van der Waals surface area contributed by atoms with Gasteiger partial charge in [-0.15, -0.1) is 0 Å². The van der Waals surface area contributed by atoms with E-state index in [1.807, 2.05) is 17.0 Å². The van der Waals surface area contributed by atoms with Crippen LogP contribution in [0.3, 0.4) is 0 Å². The normalized spacial score (nSPS) is 19.4. The van der Waals surface area contributed by atoms with Crippen LogP contribution in [0.15, 0.2) is 24.3 Å². The first-order valence-electron chi connectivity index (χ1n) is 10.5. The fourth-order valence-electron chi connectivity index (χ4n) is 3.77. The van der Waals surface area contributed by atoms with Crippen LogP contribution in [0.25, 0.3) is 0 Å². The topological polar surface area (TPSA) is 48.1 Å². The Hall–Kier alpha value is -1.34. The van der Waals surface area contributed by atoms with Crippen molar-refractivity contribution in [1.82, 2.24) is 20.0 Å². The summed E-state index contributed by atoms with van der Waals surface area (Å²) < 4.78 is 5.37. The predicted molar refractivity (Wildman–Crippen MR) is 113 cm³/mol. The molecule has 2 aliphatic heterocycles. The number of morpholine rings is 1. The van der Waals surface area contributed by atoms with Gasteiger partial charge in [-0.25, -0.2) is 4.79 Å². The molecule has 0 spiro atoms. The second kappa shape index (κ2) is 11.6. The molecule has 7 heteroatoms. The fourth-order valence-corrected chi connectivity index (χ4v) is 3.90. The standard InChI is InChI=1S/C21H33ClN4O2/c22-20-6-4-19(5-7-20)18-25-10-3-11-26(13-12-25)21(27)23-8-1-2-9-24-14-16-28-17-15-24/h4-7H,1-3,8-18H2,(H,23,27). The highest BCUT2D eigenvalue weighted by Gasteiger charge is 2.19. The number of nitrogens with one attached hydrogen (secondary N) is 1. The van der Waals surface area contributed by atoms with Crippen LogP contribution in [-0.4, -0.2) is 86.3 Å². The number of carbonyl (C=O) groups excluding carboxylic acids is 1. The molecule has 0 aromatic heterocycles. The van der Waals surface area contributed by atoms with Gasteiger partial charge in [-0.2, -0.15) is 0 Å². The Labute approximate surface area is 173 Å². The van der Waals surface area contributed by atoms with Gasteiger partial charge in [-0.3, -0.25) is 9.80 Å². The second-order valence-electron chi connectivity index (χ2n) is 7.64. The maximum absolute atomic E-state index is 12.5. The second-order valence-corrected chi connectivity index (χ2v) is 8.07. The average molecular weight is 409 g/mol. The van der Waals surface area contributed by atoms with E-state index in [9.17, 15) is 4.79 Å². The van der Waals surface area contributed by atoms with E-state index in [0.717, 1.165) is 96.4 Å². The third kappa shape index (κ3) is 7.24. The monoisotopic (exact) mass is 408 g/mol. The molecule has 6 nitrogen and oxygen atoms in total. The maximum atomic E-state index is 12.5. The number of hydrogen-bond donors (Lipinski definition) is 1. The minimum atomic E-state index is 0.0831. The van der Waals surface area contributed by atoms with Gasteiger partial charge in [0, 0.05) is 57.4 Å². The van der Waals surface area contributed by atoms with Gasteiger partial charge < -0.3 is 15.0 Å². The number of benzene rings is 1. The fraction of sp³-hybridized carbons (Fsp3) is 0.667.